The number of aliphatic hydroxyl groups excluding tert-OH is 1. The van der Waals surface area contributed by atoms with Crippen LogP contribution in [0.3, 0.4) is 0 Å². The van der Waals surface area contributed by atoms with Gasteiger partial charge in [-0.25, -0.2) is 9.97 Å². The lowest BCUT2D eigenvalue weighted by Crippen LogP contribution is -2.35. The van der Waals surface area contributed by atoms with Gasteiger partial charge in [-0.15, -0.1) is 0 Å². The van der Waals surface area contributed by atoms with Gasteiger partial charge in [0.2, 0.25) is 0 Å². The number of carbonyl (C=O) groups excluding carboxylic acids is 1. The van der Waals surface area contributed by atoms with Gasteiger partial charge in [-0.1, -0.05) is 24.0 Å². The van der Waals surface area contributed by atoms with Crippen LogP contribution in [0, 0.1) is 11.8 Å². The lowest BCUT2D eigenvalue weighted by molar-refractivity contribution is -0.135. The number of carbonyl (C=O) groups is 1. The second kappa shape index (κ2) is 8.59. The minimum atomic E-state index is -1.36. The van der Waals surface area contributed by atoms with E-state index in [4.69, 9.17) is 10.5 Å². The van der Waals surface area contributed by atoms with E-state index >= 15 is 0 Å². The van der Waals surface area contributed by atoms with Crippen LogP contribution in [0.4, 0.5) is 5.82 Å². The molecule has 0 spiro atoms. The van der Waals surface area contributed by atoms with Gasteiger partial charge in [0.25, 0.3) is 5.91 Å². The Kier molecular flexibility index (Phi) is 5.96. The van der Waals surface area contributed by atoms with Gasteiger partial charge >= 0.3 is 0 Å². The lowest BCUT2D eigenvalue weighted by Gasteiger charge is -2.15. The van der Waals surface area contributed by atoms with E-state index in [1.807, 2.05) is 43.3 Å². The summed E-state index contributed by atoms with van der Waals surface area (Å²) < 4.78 is 5.46. The van der Waals surface area contributed by atoms with Gasteiger partial charge in [0.1, 0.15) is 23.4 Å². The predicted molar refractivity (Wildman–Crippen MR) is 112 cm³/mol. The first-order chi connectivity index (χ1) is 13.9. The van der Waals surface area contributed by atoms with Crippen molar-refractivity contribution in [3.05, 3.63) is 48.3 Å². The van der Waals surface area contributed by atoms with Gasteiger partial charge in [-0.3, -0.25) is 4.79 Å². The van der Waals surface area contributed by atoms with Crippen LogP contribution in [0.15, 0.2) is 42.7 Å². The highest BCUT2D eigenvalue weighted by atomic mass is 16.5. The van der Waals surface area contributed by atoms with Crippen molar-refractivity contribution < 1.29 is 14.6 Å². The Hall–Kier alpha value is -3.63. The number of anilines is 1. The number of ether oxygens (including phenoxy) is 1. The van der Waals surface area contributed by atoms with Crippen LogP contribution in [-0.2, 0) is 4.79 Å². The molecule has 3 N–H and O–H groups in total. The molecule has 1 aromatic heterocycles. The third-order valence-corrected chi connectivity index (χ3v) is 4.59. The molecule has 7 heteroatoms. The maximum Gasteiger partial charge on any atom is 0.263 e. The highest BCUT2D eigenvalue weighted by Crippen LogP contribution is 2.33. The number of fused-ring (bicyclic) bond motifs is 1. The molecule has 0 unspecified atom stereocenters. The Morgan fingerprint density at radius 2 is 2.07 bits per heavy atom. The zero-order valence-electron chi connectivity index (χ0n) is 16.5. The number of nitrogens with zero attached hydrogens (tertiary/aromatic N) is 3. The summed E-state index contributed by atoms with van der Waals surface area (Å²) in [4.78, 5) is 21.7. The normalized spacial score (nSPS) is 11.4. The largest absolute Gasteiger partial charge is 0.494 e. The number of aromatic nitrogens is 2. The van der Waals surface area contributed by atoms with Crippen molar-refractivity contribution in [1.82, 2.24) is 14.9 Å². The summed E-state index contributed by atoms with van der Waals surface area (Å²) in [6.45, 7) is 2.33. The van der Waals surface area contributed by atoms with Crippen LogP contribution >= 0.6 is 0 Å². The Morgan fingerprint density at radius 1 is 1.28 bits per heavy atom. The molecule has 3 rings (SSSR count). The van der Waals surface area contributed by atoms with Crippen LogP contribution in [-0.4, -0.2) is 52.7 Å². The quantitative estimate of drug-likeness (QED) is 0.662. The molecule has 2 aromatic carbocycles. The minimum Gasteiger partial charge on any atom is -0.494 e. The smallest absolute Gasteiger partial charge is 0.263 e. The van der Waals surface area contributed by atoms with E-state index in [1.54, 1.807) is 14.2 Å². The van der Waals surface area contributed by atoms with Crippen LogP contribution < -0.4 is 10.5 Å². The van der Waals surface area contributed by atoms with E-state index < -0.39 is 12.0 Å². The SMILES string of the molecule is CCN(C)C(=O)[C@H](O)C#Cc1cccc(-c2cc(OC)c3ncnc(N)c3c2)c1. The molecule has 0 bridgehead atoms. The zero-order chi connectivity index (χ0) is 21.0. The number of methoxy groups -OCH3 is 1. The first-order valence-electron chi connectivity index (χ1n) is 9.07. The van der Waals surface area contributed by atoms with Crippen molar-refractivity contribution in [1.29, 1.82) is 0 Å². The summed E-state index contributed by atoms with van der Waals surface area (Å²) >= 11 is 0. The molecule has 29 heavy (non-hydrogen) atoms. The van der Waals surface area contributed by atoms with Crippen LogP contribution in [0.25, 0.3) is 22.0 Å². The van der Waals surface area contributed by atoms with Gasteiger partial charge < -0.3 is 20.5 Å². The molecule has 0 saturated heterocycles. The Balaban J connectivity index is 1.98. The predicted octanol–water partition coefficient (Wildman–Crippen LogP) is 2.08. The summed E-state index contributed by atoms with van der Waals surface area (Å²) in [5.41, 5.74) is 9.06. The number of hydrogen-bond acceptors (Lipinski definition) is 6. The fourth-order valence-electron chi connectivity index (χ4n) is 2.83. The number of nitrogens with two attached hydrogens (primary N) is 1. The Labute approximate surface area is 169 Å². The molecule has 3 aromatic rings. The second-order valence-corrected chi connectivity index (χ2v) is 6.44. The molecular formula is C22H22N4O3. The molecule has 0 aliphatic rings. The van der Waals surface area contributed by atoms with Gasteiger partial charge in [0.05, 0.1) is 7.11 Å². The molecule has 7 nitrogen and oxygen atoms in total. The average Bonchev–Trinajstić information content (AvgIpc) is 2.76. The van der Waals surface area contributed by atoms with Crippen molar-refractivity contribution in [3.8, 4) is 28.7 Å². The van der Waals surface area contributed by atoms with Crippen molar-refractivity contribution in [3.63, 3.8) is 0 Å². The molecule has 0 radical (unpaired) electrons. The number of likely N-dealkylation sites (N-methyl/N-ethyl adjacent to an activating group) is 1. The van der Waals surface area contributed by atoms with Crippen molar-refractivity contribution in [2.45, 2.75) is 13.0 Å². The number of rotatable bonds is 4. The van der Waals surface area contributed by atoms with E-state index in [-0.39, 0.29) is 0 Å². The summed E-state index contributed by atoms with van der Waals surface area (Å²) in [5.74, 6) is 6.00. The third-order valence-electron chi connectivity index (χ3n) is 4.59. The second-order valence-electron chi connectivity index (χ2n) is 6.44. The number of hydrogen-bond donors (Lipinski definition) is 2. The molecular weight excluding hydrogens is 368 g/mol. The molecule has 0 aliphatic heterocycles. The molecule has 1 heterocycles. The maximum atomic E-state index is 11.9. The van der Waals surface area contributed by atoms with Crippen LogP contribution in [0.5, 0.6) is 5.75 Å². The van der Waals surface area contributed by atoms with E-state index in [9.17, 15) is 9.90 Å². The van der Waals surface area contributed by atoms with Crippen molar-refractivity contribution in [2.75, 3.05) is 26.4 Å². The van der Waals surface area contributed by atoms with Gasteiger partial charge in [-0.05, 0) is 42.3 Å². The van der Waals surface area contributed by atoms with Crippen molar-refractivity contribution in [2.24, 2.45) is 0 Å². The van der Waals surface area contributed by atoms with Crippen molar-refractivity contribution >= 4 is 22.6 Å². The summed E-state index contributed by atoms with van der Waals surface area (Å²) in [6, 6.07) is 11.2. The highest BCUT2D eigenvalue weighted by Gasteiger charge is 2.15. The fourth-order valence-corrected chi connectivity index (χ4v) is 2.83. The van der Waals surface area contributed by atoms with Gasteiger partial charge in [-0.2, -0.15) is 0 Å². The standard InChI is InChI=1S/C22H22N4O3/c1-4-26(2)22(28)18(27)9-8-14-6-5-7-15(10-14)16-11-17-20(19(12-16)29-3)24-13-25-21(17)23/h5-7,10-13,18,27H,4H2,1-3H3,(H2,23,24,25)/t18-/m1/s1. The van der Waals surface area contributed by atoms with Crippen LogP contribution in [0.1, 0.15) is 12.5 Å². The molecule has 148 valence electrons. The lowest BCUT2D eigenvalue weighted by atomic mass is 10.0. The molecule has 0 saturated carbocycles. The molecule has 1 atom stereocenters. The van der Waals surface area contributed by atoms with E-state index in [0.29, 0.717) is 34.6 Å². The van der Waals surface area contributed by atoms with Gasteiger partial charge in [0, 0.05) is 24.5 Å². The first kappa shape index (κ1) is 20.1. The topological polar surface area (TPSA) is 102 Å². The third kappa shape index (κ3) is 4.28. The monoisotopic (exact) mass is 390 g/mol. The first-order valence-corrected chi connectivity index (χ1v) is 9.07. The summed E-state index contributed by atoms with van der Waals surface area (Å²) in [7, 11) is 3.20. The number of aliphatic hydroxyl groups is 1. The maximum absolute atomic E-state index is 11.9. The Morgan fingerprint density at radius 3 is 2.79 bits per heavy atom. The Bertz CT molecular complexity index is 1120. The average molecular weight is 390 g/mol. The van der Waals surface area contributed by atoms with E-state index in [0.717, 1.165) is 11.1 Å². The number of nitrogen functional groups attached to an aromatic ring is 1. The minimum absolute atomic E-state index is 0.368. The molecule has 0 fully saturated rings. The molecule has 1 amide bonds. The van der Waals surface area contributed by atoms with E-state index in [1.165, 1.54) is 11.2 Å². The molecule has 0 aliphatic carbocycles. The summed E-state index contributed by atoms with van der Waals surface area (Å²) in [5, 5.41) is 10.7. The fraction of sp³-hybridized carbons (Fsp3) is 0.227. The number of benzene rings is 2. The summed E-state index contributed by atoms with van der Waals surface area (Å²) in [6.07, 6.45) is 0.0415. The zero-order valence-corrected chi connectivity index (χ0v) is 16.5. The highest BCUT2D eigenvalue weighted by molar-refractivity contribution is 5.95. The van der Waals surface area contributed by atoms with Crippen LogP contribution in [0.2, 0.25) is 0 Å². The van der Waals surface area contributed by atoms with E-state index in [2.05, 4.69) is 21.8 Å². The van der Waals surface area contributed by atoms with Gasteiger partial charge in [0.15, 0.2) is 6.10 Å². The number of amides is 1.